The Morgan fingerprint density at radius 3 is 2.32 bits per heavy atom. The zero-order chi connectivity index (χ0) is 22.8. The van der Waals surface area contributed by atoms with Gasteiger partial charge in [0.2, 0.25) is 5.91 Å². The van der Waals surface area contributed by atoms with E-state index in [9.17, 15) is 18.0 Å². The van der Waals surface area contributed by atoms with Crippen molar-refractivity contribution in [2.24, 2.45) is 0 Å². The average molecular weight is 446 g/mol. The number of ether oxygens (including phenoxy) is 1. The molecule has 1 aliphatic heterocycles. The quantitative estimate of drug-likeness (QED) is 0.457. The van der Waals surface area contributed by atoms with E-state index in [0.717, 1.165) is 5.56 Å². The molecule has 31 heavy (non-hydrogen) atoms. The van der Waals surface area contributed by atoms with Crippen molar-refractivity contribution >= 4 is 21.9 Å². The van der Waals surface area contributed by atoms with E-state index in [1.54, 1.807) is 44.2 Å². The normalized spacial score (nSPS) is 15.7. The summed E-state index contributed by atoms with van der Waals surface area (Å²) in [4.78, 5) is 27.4. The first-order valence-electron chi connectivity index (χ1n) is 10.1. The van der Waals surface area contributed by atoms with Gasteiger partial charge in [0, 0.05) is 12.1 Å². The number of hydrogen-bond donors (Lipinski definition) is 0. The summed E-state index contributed by atoms with van der Waals surface area (Å²) < 4.78 is 34.4. The molecule has 0 spiro atoms. The molecule has 0 N–H and O–H groups in total. The second kappa shape index (κ2) is 8.80. The van der Waals surface area contributed by atoms with Crippen LogP contribution in [0, 0.1) is 0 Å². The maximum Gasteiger partial charge on any atom is 0.296 e. The molecule has 0 radical (unpaired) electrons. The van der Waals surface area contributed by atoms with Crippen molar-refractivity contribution in [1.29, 1.82) is 0 Å². The van der Waals surface area contributed by atoms with Crippen LogP contribution >= 0.6 is 0 Å². The van der Waals surface area contributed by atoms with E-state index in [-0.39, 0.29) is 29.9 Å². The number of carbonyl (C=O) groups is 2. The van der Waals surface area contributed by atoms with Crippen LogP contribution in [0.15, 0.2) is 47.4 Å². The molecule has 1 heterocycles. The minimum Gasteiger partial charge on any atom is -0.497 e. The molecule has 7 nitrogen and oxygen atoms in total. The van der Waals surface area contributed by atoms with Gasteiger partial charge in [-0.25, -0.2) is 0 Å². The van der Waals surface area contributed by atoms with Gasteiger partial charge in [-0.1, -0.05) is 25.1 Å². The van der Waals surface area contributed by atoms with Crippen LogP contribution in [0.25, 0.3) is 0 Å². The molecule has 0 aromatic heterocycles. The molecule has 0 unspecified atom stereocenters. The van der Waals surface area contributed by atoms with Gasteiger partial charge in [0.25, 0.3) is 16.0 Å². The number of methoxy groups -OCH3 is 1. The Morgan fingerprint density at radius 1 is 1.03 bits per heavy atom. The predicted octanol–water partition coefficient (Wildman–Crippen LogP) is 3.31. The van der Waals surface area contributed by atoms with Crippen LogP contribution in [0.2, 0.25) is 0 Å². The number of benzene rings is 2. The predicted molar refractivity (Wildman–Crippen MR) is 116 cm³/mol. The first-order valence-corrected chi connectivity index (χ1v) is 11.6. The Balaban J connectivity index is 1.78. The summed E-state index contributed by atoms with van der Waals surface area (Å²) in [5.74, 6) is -0.0630. The smallest absolute Gasteiger partial charge is 0.296 e. The van der Waals surface area contributed by atoms with Gasteiger partial charge in [0.1, 0.15) is 5.75 Å². The highest BCUT2D eigenvalue weighted by atomic mass is 32.2. The zero-order valence-corrected chi connectivity index (χ0v) is 19.0. The standard InChI is InChI=1S/C23H27NO6S/c1-5-14-30-31(27,28)18-9-6-16(7-10-18)12-13-24-21(25)19-15-17(29-4)8-11-20(19)23(2,3)22(24)26/h6-11,15H,5,12-14H2,1-4H3. The van der Waals surface area contributed by atoms with Crippen molar-refractivity contribution in [1.82, 2.24) is 4.90 Å². The fourth-order valence-electron chi connectivity index (χ4n) is 3.59. The minimum absolute atomic E-state index is 0.0805. The SMILES string of the molecule is CCCOS(=O)(=O)c1ccc(CCN2C(=O)c3cc(OC)ccc3C(C)(C)C2=O)cc1. The molecule has 3 rings (SSSR count). The van der Waals surface area contributed by atoms with Crippen LogP contribution in [0.3, 0.4) is 0 Å². The number of rotatable bonds is 8. The van der Waals surface area contributed by atoms with E-state index in [4.69, 9.17) is 8.92 Å². The van der Waals surface area contributed by atoms with Crippen molar-refractivity contribution in [3.63, 3.8) is 0 Å². The lowest BCUT2D eigenvalue weighted by Gasteiger charge is -2.37. The van der Waals surface area contributed by atoms with Gasteiger partial charge < -0.3 is 4.74 Å². The molecular formula is C23H27NO6S. The van der Waals surface area contributed by atoms with E-state index in [2.05, 4.69) is 0 Å². The molecule has 0 bridgehead atoms. The Labute approximate surface area is 183 Å². The number of nitrogens with zero attached hydrogens (tertiary/aromatic N) is 1. The molecule has 2 aromatic rings. The second-order valence-electron chi connectivity index (χ2n) is 7.97. The van der Waals surface area contributed by atoms with Crippen molar-refractivity contribution in [2.45, 2.75) is 43.9 Å². The Hall–Kier alpha value is -2.71. The minimum atomic E-state index is -3.78. The number of hydrogen-bond acceptors (Lipinski definition) is 6. The highest BCUT2D eigenvalue weighted by Crippen LogP contribution is 2.36. The molecule has 2 aromatic carbocycles. The third-order valence-electron chi connectivity index (χ3n) is 5.43. The molecule has 166 valence electrons. The number of fused-ring (bicyclic) bond motifs is 1. The summed E-state index contributed by atoms with van der Waals surface area (Å²) in [5, 5.41) is 0. The van der Waals surface area contributed by atoms with E-state index < -0.39 is 15.5 Å². The lowest BCUT2D eigenvalue weighted by Crippen LogP contribution is -2.52. The van der Waals surface area contributed by atoms with E-state index in [0.29, 0.717) is 29.7 Å². The van der Waals surface area contributed by atoms with Gasteiger partial charge in [0.05, 0.1) is 24.0 Å². The van der Waals surface area contributed by atoms with Gasteiger partial charge in [-0.2, -0.15) is 8.42 Å². The first-order chi connectivity index (χ1) is 14.6. The summed E-state index contributed by atoms with van der Waals surface area (Å²) in [7, 11) is -2.25. The lowest BCUT2D eigenvalue weighted by atomic mass is 9.77. The molecule has 0 saturated heterocycles. The number of carbonyl (C=O) groups excluding carboxylic acids is 2. The molecule has 1 aliphatic rings. The first kappa shape index (κ1) is 23.0. The highest BCUT2D eigenvalue weighted by molar-refractivity contribution is 7.86. The molecule has 0 atom stereocenters. The Morgan fingerprint density at radius 2 is 1.71 bits per heavy atom. The van der Waals surface area contributed by atoms with E-state index in [1.807, 2.05) is 6.92 Å². The van der Waals surface area contributed by atoms with Crippen molar-refractivity contribution < 1.29 is 26.9 Å². The fraction of sp³-hybridized carbons (Fsp3) is 0.391. The molecule has 8 heteroatoms. The summed E-state index contributed by atoms with van der Waals surface area (Å²) in [5.41, 5.74) is 1.10. The zero-order valence-electron chi connectivity index (χ0n) is 18.2. The third-order valence-corrected chi connectivity index (χ3v) is 6.76. The van der Waals surface area contributed by atoms with Gasteiger partial charge in [-0.05, 0) is 62.1 Å². The van der Waals surface area contributed by atoms with Crippen molar-refractivity contribution in [3.8, 4) is 5.75 Å². The van der Waals surface area contributed by atoms with Gasteiger partial charge >= 0.3 is 0 Å². The van der Waals surface area contributed by atoms with Crippen LogP contribution in [-0.4, -0.2) is 45.4 Å². The molecule has 0 aliphatic carbocycles. The lowest BCUT2D eigenvalue weighted by molar-refractivity contribution is -0.134. The molecule has 0 fully saturated rings. The van der Waals surface area contributed by atoms with Crippen molar-refractivity contribution in [2.75, 3.05) is 20.3 Å². The second-order valence-corrected chi connectivity index (χ2v) is 9.58. The van der Waals surface area contributed by atoms with E-state index in [1.165, 1.54) is 24.1 Å². The van der Waals surface area contributed by atoms with E-state index >= 15 is 0 Å². The van der Waals surface area contributed by atoms with Gasteiger partial charge in [0.15, 0.2) is 0 Å². The third kappa shape index (κ3) is 4.50. The average Bonchev–Trinajstić information content (AvgIpc) is 2.76. The topological polar surface area (TPSA) is 90.0 Å². The fourth-order valence-corrected chi connectivity index (χ4v) is 4.58. The van der Waals surface area contributed by atoms with Crippen LogP contribution in [0.4, 0.5) is 0 Å². The van der Waals surface area contributed by atoms with Crippen LogP contribution in [0.5, 0.6) is 5.75 Å². The largest absolute Gasteiger partial charge is 0.497 e. The highest BCUT2D eigenvalue weighted by Gasteiger charge is 2.44. The van der Waals surface area contributed by atoms with Gasteiger partial charge in [-0.3, -0.25) is 18.7 Å². The van der Waals surface area contributed by atoms with Crippen molar-refractivity contribution in [3.05, 3.63) is 59.2 Å². The molecular weight excluding hydrogens is 418 g/mol. The summed E-state index contributed by atoms with van der Waals surface area (Å²) in [6.45, 7) is 5.76. The maximum atomic E-state index is 13.1. The van der Waals surface area contributed by atoms with Crippen LogP contribution < -0.4 is 4.74 Å². The van der Waals surface area contributed by atoms with Crippen LogP contribution in [-0.2, 0) is 30.9 Å². The maximum absolute atomic E-state index is 13.1. The van der Waals surface area contributed by atoms with Crippen LogP contribution in [0.1, 0.15) is 48.7 Å². The monoisotopic (exact) mass is 445 g/mol. The Kier molecular flexibility index (Phi) is 6.52. The molecule has 2 amide bonds. The Bertz CT molecular complexity index is 1090. The van der Waals surface area contributed by atoms with Gasteiger partial charge in [-0.15, -0.1) is 0 Å². The molecule has 0 saturated carbocycles. The number of imide groups is 1. The summed E-state index contributed by atoms with van der Waals surface area (Å²) in [6.07, 6.45) is 1.00. The summed E-state index contributed by atoms with van der Waals surface area (Å²) in [6, 6.07) is 11.5. The summed E-state index contributed by atoms with van der Waals surface area (Å²) >= 11 is 0. The number of amides is 2.